The van der Waals surface area contributed by atoms with Gasteiger partial charge in [0.05, 0.1) is 5.02 Å². The molecule has 1 heterocycles. The van der Waals surface area contributed by atoms with Crippen LogP contribution in [0.3, 0.4) is 0 Å². The zero-order chi connectivity index (χ0) is 17.1. The monoisotopic (exact) mass is 363 g/mol. The summed E-state index contributed by atoms with van der Waals surface area (Å²) >= 11 is 7.39. The minimum atomic E-state index is -0.657. The van der Waals surface area contributed by atoms with Crippen LogP contribution in [-0.4, -0.2) is 18.5 Å². The average molecular weight is 364 g/mol. The van der Waals surface area contributed by atoms with E-state index in [4.69, 9.17) is 16.3 Å². The van der Waals surface area contributed by atoms with Crippen molar-refractivity contribution in [3.05, 3.63) is 64.2 Å². The Balaban J connectivity index is 1.63. The maximum Gasteiger partial charge on any atom is 0.350 e. The van der Waals surface area contributed by atoms with Crippen molar-refractivity contribution < 1.29 is 18.7 Å². The summed E-state index contributed by atoms with van der Waals surface area (Å²) in [5.41, 5.74) is 0.414. The predicted molar refractivity (Wildman–Crippen MR) is 92.1 cm³/mol. The number of benzene rings is 2. The second-order valence-corrected chi connectivity index (χ2v) is 6.30. The molecule has 4 nitrogen and oxygen atoms in total. The van der Waals surface area contributed by atoms with Gasteiger partial charge in [-0.2, -0.15) is 0 Å². The highest BCUT2D eigenvalue weighted by molar-refractivity contribution is 7.21. The van der Waals surface area contributed by atoms with E-state index in [2.05, 4.69) is 5.32 Å². The fourth-order valence-electron chi connectivity index (χ4n) is 2.07. The number of nitrogens with one attached hydrogen (secondary N) is 1. The van der Waals surface area contributed by atoms with Crippen molar-refractivity contribution in [1.29, 1.82) is 0 Å². The number of anilines is 1. The van der Waals surface area contributed by atoms with Crippen LogP contribution in [0.1, 0.15) is 9.67 Å². The number of hydrogen-bond acceptors (Lipinski definition) is 4. The normalized spacial score (nSPS) is 10.6. The van der Waals surface area contributed by atoms with Crippen molar-refractivity contribution in [2.75, 3.05) is 11.9 Å². The lowest BCUT2D eigenvalue weighted by molar-refractivity contribution is -0.119. The van der Waals surface area contributed by atoms with Crippen molar-refractivity contribution in [2.24, 2.45) is 0 Å². The van der Waals surface area contributed by atoms with E-state index in [-0.39, 0.29) is 4.88 Å². The lowest BCUT2D eigenvalue weighted by Crippen LogP contribution is -2.20. The molecule has 0 aliphatic rings. The Morgan fingerprint density at radius 3 is 2.54 bits per heavy atom. The molecule has 0 fully saturated rings. The zero-order valence-electron chi connectivity index (χ0n) is 12.2. The van der Waals surface area contributed by atoms with Gasteiger partial charge in [0.15, 0.2) is 6.61 Å². The first-order valence-corrected chi connectivity index (χ1v) is 8.13. The minimum Gasteiger partial charge on any atom is -0.451 e. The average Bonchev–Trinajstić information content (AvgIpc) is 2.92. The number of carbonyl (C=O) groups is 2. The SMILES string of the molecule is O=C(COC(=O)c1sc2ccccc2c1Cl)Nc1ccc(F)cc1. The minimum absolute atomic E-state index is 0.257. The largest absolute Gasteiger partial charge is 0.451 e. The molecule has 0 radical (unpaired) electrons. The summed E-state index contributed by atoms with van der Waals surface area (Å²) in [5.74, 6) is -1.58. The lowest BCUT2D eigenvalue weighted by atomic mass is 10.2. The summed E-state index contributed by atoms with van der Waals surface area (Å²) in [5, 5.41) is 3.59. The van der Waals surface area contributed by atoms with Crippen LogP contribution in [0.25, 0.3) is 10.1 Å². The van der Waals surface area contributed by atoms with E-state index in [9.17, 15) is 14.0 Å². The van der Waals surface area contributed by atoms with Gasteiger partial charge in [0.2, 0.25) is 0 Å². The van der Waals surface area contributed by atoms with Crippen LogP contribution in [0, 0.1) is 5.82 Å². The number of rotatable bonds is 4. The Hall–Kier alpha value is -2.44. The molecule has 0 bridgehead atoms. The third-order valence-electron chi connectivity index (χ3n) is 3.18. The number of hydrogen-bond donors (Lipinski definition) is 1. The van der Waals surface area contributed by atoms with E-state index in [0.717, 1.165) is 10.1 Å². The molecule has 2 aromatic carbocycles. The van der Waals surface area contributed by atoms with Crippen LogP contribution in [0.5, 0.6) is 0 Å². The van der Waals surface area contributed by atoms with Gasteiger partial charge in [0.25, 0.3) is 5.91 Å². The highest BCUT2D eigenvalue weighted by atomic mass is 35.5. The summed E-state index contributed by atoms with van der Waals surface area (Å²) < 4.78 is 18.7. The molecule has 0 aliphatic carbocycles. The molecule has 0 unspecified atom stereocenters. The molecule has 1 amide bonds. The highest BCUT2D eigenvalue weighted by Crippen LogP contribution is 2.35. The van der Waals surface area contributed by atoms with E-state index in [1.165, 1.54) is 35.6 Å². The fourth-order valence-corrected chi connectivity index (χ4v) is 3.47. The summed E-state index contributed by atoms with van der Waals surface area (Å²) in [6.07, 6.45) is 0. The standard InChI is InChI=1S/C17H11ClFNO3S/c18-15-12-3-1-2-4-13(12)24-16(15)17(22)23-9-14(21)20-11-7-5-10(19)6-8-11/h1-8H,9H2,(H,20,21). The third kappa shape index (κ3) is 3.55. The second-order valence-electron chi connectivity index (χ2n) is 4.87. The van der Waals surface area contributed by atoms with Gasteiger partial charge in [0, 0.05) is 15.8 Å². The molecule has 0 spiro atoms. The number of fused-ring (bicyclic) bond motifs is 1. The number of amides is 1. The number of carbonyl (C=O) groups excluding carboxylic acids is 2. The molecule has 0 aliphatic heterocycles. The topological polar surface area (TPSA) is 55.4 Å². The van der Waals surface area contributed by atoms with Crippen LogP contribution in [0.2, 0.25) is 5.02 Å². The molecule has 0 atom stereocenters. The van der Waals surface area contributed by atoms with Crippen LogP contribution in [0.4, 0.5) is 10.1 Å². The van der Waals surface area contributed by atoms with E-state index in [0.29, 0.717) is 10.7 Å². The van der Waals surface area contributed by atoms with Crippen molar-refractivity contribution >= 4 is 50.6 Å². The number of halogens is 2. The summed E-state index contributed by atoms with van der Waals surface area (Å²) in [6, 6.07) is 12.6. The quantitative estimate of drug-likeness (QED) is 0.695. The van der Waals surface area contributed by atoms with Gasteiger partial charge in [-0.1, -0.05) is 29.8 Å². The van der Waals surface area contributed by atoms with Gasteiger partial charge in [-0.15, -0.1) is 11.3 Å². The van der Waals surface area contributed by atoms with Gasteiger partial charge < -0.3 is 10.1 Å². The Morgan fingerprint density at radius 1 is 1.12 bits per heavy atom. The lowest BCUT2D eigenvalue weighted by Gasteiger charge is -2.06. The molecule has 0 saturated heterocycles. The molecule has 0 saturated carbocycles. The molecule has 24 heavy (non-hydrogen) atoms. The van der Waals surface area contributed by atoms with Gasteiger partial charge in [-0.3, -0.25) is 4.79 Å². The van der Waals surface area contributed by atoms with E-state index in [1.807, 2.05) is 24.3 Å². The molecule has 3 aromatic rings. The summed E-state index contributed by atoms with van der Waals surface area (Å²) in [6.45, 7) is -0.458. The van der Waals surface area contributed by atoms with E-state index >= 15 is 0 Å². The van der Waals surface area contributed by atoms with Crippen LogP contribution >= 0.6 is 22.9 Å². The summed E-state index contributed by atoms with van der Waals surface area (Å²) in [7, 11) is 0. The van der Waals surface area contributed by atoms with Crippen LogP contribution in [0.15, 0.2) is 48.5 Å². The molecular formula is C17H11ClFNO3S. The van der Waals surface area contributed by atoms with Gasteiger partial charge in [-0.25, -0.2) is 9.18 Å². The molecule has 122 valence electrons. The Kier molecular flexibility index (Phi) is 4.78. The Labute approximate surface area is 145 Å². The molecule has 1 N–H and O–H groups in total. The predicted octanol–water partition coefficient (Wildman–Crippen LogP) is 4.49. The third-order valence-corrected chi connectivity index (χ3v) is 4.84. The van der Waals surface area contributed by atoms with Crippen molar-refractivity contribution in [2.45, 2.75) is 0 Å². The van der Waals surface area contributed by atoms with Crippen molar-refractivity contribution in [3.63, 3.8) is 0 Å². The molecular weight excluding hydrogens is 353 g/mol. The Morgan fingerprint density at radius 2 is 1.83 bits per heavy atom. The van der Waals surface area contributed by atoms with Gasteiger partial charge >= 0.3 is 5.97 Å². The number of esters is 1. The van der Waals surface area contributed by atoms with Crippen molar-refractivity contribution in [3.8, 4) is 0 Å². The van der Waals surface area contributed by atoms with E-state index in [1.54, 1.807) is 0 Å². The Bertz CT molecular complexity index is 908. The van der Waals surface area contributed by atoms with Crippen LogP contribution < -0.4 is 5.32 Å². The highest BCUT2D eigenvalue weighted by Gasteiger charge is 2.19. The number of ether oxygens (including phenoxy) is 1. The van der Waals surface area contributed by atoms with Crippen molar-refractivity contribution in [1.82, 2.24) is 0 Å². The maximum atomic E-state index is 12.8. The van der Waals surface area contributed by atoms with Gasteiger partial charge in [-0.05, 0) is 30.3 Å². The summed E-state index contributed by atoms with van der Waals surface area (Å²) in [4.78, 5) is 24.1. The molecule has 1 aromatic heterocycles. The van der Waals surface area contributed by atoms with E-state index < -0.39 is 24.3 Å². The zero-order valence-corrected chi connectivity index (χ0v) is 13.8. The molecule has 3 rings (SSSR count). The van der Waals surface area contributed by atoms with Gasteiger partial charge in [0.1, 0.15) is 10.7 Å². The smallest absolute Gasteiger partial charge is 0.350 e. The molecule has 7 heteroatoms. The maximum absolute atomic E-state index is 12.8. The second kappa shape index (κ2) is 6.98. The first kappa shape index (κ1) is 16.4. The number of thiophene rings is 1. The van der Waals surface area contributed by atoms with Crippen LogP contribution in [-0.2, 0) is 9.53 Å². The first-order valence-electron chi connectivity index (χ1n) is 6.94. The fraction of sp³-hybridized carbons (Fsp3) is 0.0588. The first-order chi connectivity index (χ1) is 11.5.